The third kappa shape index (κ3) is 4.66. The lowest BCUT2D eigenvalue weighted by Crippen LogP contribution is -2.35. The molecule has 2 heterocycles. The molecule has 2 aromatic rings. The van der Waals surface area contributed by atoms with Gasteiger partial charge in [0.1, 0.15) is 5.82 Å². The quantitative estimate of drug-likeness (QED) is 0.562. The van der Waals surface area contributed by atoms with Crippen LogP contribution in [0, 0.1) is 11.8 Å². The molecule has 1 amide bonds. The number of benzene rings is 1. The van der Waals surface area contributed by atoms with Crippen LogP contribution in [0.2, 0.25) is 0 Å². The Labute approximate surface area is 207 Å². The molecule has 5 rings (SSSR count). The van der Waals surface area contributed by atoms with Crippen molar-refractivity contribution >= 4 is 23.1 Å². The highest BCUT2D eigenvalue weighted by molar-refractivity contribution is 5.82. The van der Waals surface area contributed by atoms with Crippen molar-refractivity contribution in [3.63, 3.8) is 0 Å². The van der Waals surface area contributed by atoms with Gasteiger partial charge < -0.3 is 19.3 Å². The molecule has 7 nitrogen and oxygen atoms in total. The molecule has 0 saturated heterocycles. The molecule has 35 heavy (non-hydrogen) atoms. The second-order valence-corrected chi connectivity index (χ2v) is 11.0. The maximum absolute atomic E-state index is 12.3. The lowest BCUT2D eigenvalue weighted by molar-refractivity contribution is -0.145. The molecule has 2 saturated carbocycles. The Morgan fingerprint density at radius 1 is 1.11 bits per heavy atom. The summed E-state index contributed by atoms with van der Waals surface area (Å²) in [6.07, 6.45) is 11.4. The molecule has 2 aliphatic carbocycles. The van der Waals surface area contributed by atoms with E-state index in [0.29, 0.717) is 19.0 Å². The highest BCUT2D eigenvalue weighted by atomic mass is 16.5. The number of rotatable bonds is 5. The predicted molar refractivity (Wildman–Crippen MR) is 134 cm³/mol. The Hall–Kier alpha value is -2.57. The van der Waals surface area contributed by atoms with E-state index in [2.05, 4.69) is 23.6 Å². The average molecular weight is 482 g/mol. The second-order valence-electron chi connectivity index (χ2n) is 11.0. The summed E-state index contributed by atoms with van der Waals surface area (Å²) in [7, 11) is 1.44. The maximum Gasteiger partial charge on any atom is 0.409 e. The van der Waals surface area contributed by atoms with Crippen molar-refractivity contribution in [2.45, 2.75) is 96.1 Å². The lowest BCUT2D eigenvalue weighted by atomic mass is 9.76. The zero-order valence-corrected chi connectivity index (χ0v) is 21.2. The summed E-state index contributed by atoms with van der Waals surface area (Å²) in [5.74, 6) is 0.942. The van der Waals surface area contributed by atoms with E-state index in [1.807, 2.05) is 0 Å². The number of carboxylic acid groups (broad SMARTS) is 1. The molecular formula is C28H39N3O4. The molecule has 3 aliphatic rings. The minimum atomic E-state index is -0.637. The normalized spacial score (nSPS) is 24.2. The van der Waals surface area contributed by atoms with Gasteiger partial charge in [-0.15, -0.1) is 0 Å². The fourth-order valence-electron chi connectivity index (χ4n) is 6.97. The third-order valence-corrected chi connectivity index (χ3v) is 8.81. The summed E-state index contributed by atoms with van der Waals surface area (Å²) >= 11 is 0. The molecule has 1 N–H and O–H groups in total. The van der Waals surface area contributed by atoms with Crippen LogP contribution in [0.3, 0.4) is 0 Å². The van der Waals surface area contributed by atoms with Crippen LogP contribution < -0.4 is 0 Å². The maximum atomic E-state index is 12.3. The fraction of sp³-hybridized carbons (Fsp3) is 0.679. The van der Waals surface area contributed by atoms with Gasteiger partial charge >= 0.3 is 12.1 Å². The van der Waals surface area contributed by atoms with Gasteiger partial charge in [0.2, 0.25) is 0 Å². The molecule has 0 unspecified atom stereocenters. The highest BCUT2D eigenvalue weighted by Crippen LogP contribution is 2.41. The molecule has 3 atom stereocenters. The minimum absolute atomic E-state index is 0.181. The van der Waals surface area contributed by atoms with Gasteiger partial charge in [0.05, 0.1) is 30.6 Å². The number of carboxylic acids is 1. The topological polar surface area (TPSA) is 84.7 Å². The van der Waals surface area contributed by atoms with Gasteiger partial charge in [0.15, 0.2) is 0 Å². The number of amides is 1. The number of imidazole rings is 1. The smallest absolute Gasteiger partial charge is 0.409 e. The molecule has 2 fully saturated rings. The summed E-state index contributed by atoms with van der Waals surface area (Å²) in [6, 6.07) is 4.61. The Morgan fingerprint density at radius 2 is 1.86 bits per heavy atom. The molecule has 1 aromatic heterocycles. The van der Waals surface area contributed by atoms with Gasteiger partial charge in [0.25, 0.3) is 0 Å². The number of carbonyl (C=O) groups excluding carboxylic acids is 1. The molecule has 190 valence electrons. The monoisotopic (exact) mass is 481 g/mol. The standard InChI is InChI=1S/C28H39N3O4/c1-18(16-21-10-6-7-11-22(21)27(32)33)31-24-13-12-19-14-15-30(28(34)35-2)17-23(19)25(24)29-26(31)20-8-4-3-5-9-20/h12-13,18,20-22H,3-11,14-17H2,1-2H3,(H,32,33)/t18-,21+,22-/m0/s1. The van der Waals surface area contributed by atoms with Crippen molar-refractivity contribution < 1.29 is 19.4 Å². The van der Waals surface area contributed by atoms with Crippen LogP contribution in [-0.4, -0.2) is 45.3 Å². The van der Waals surface area contributed by atoms with E-state index >= 15 is 0 Å². The SMILES string of the molecule is COC(=O)N1CCc2ccc3c(nc(C4CCCCC4)n3[C@@H](C)C[C@H]3CCCC[C@@H]3C(=O)O)c2C1. The van der Waals surface area contributed by atoms with Crippen molar-refractivity contribution in [3.05, 3.63) is 29.1 Å². The zero-order chi connectivity index (χ0) is 24.5. The van der Waals surface area contributed by atoms with Crippen LogP contribution in [-0.2, 0) is 22.5 Å². The average Bonchev–Trinajstić information content (AvgIpc) is 3.29. The number of carbonyl (C=O) groups is 2. The first-order chi connectivity index (χ1) is 17.0. The van der Waals surface area contributed by atoms with Crippen molar-refractivity contribution in [1.29, 1.82) is 0 Å². The second kappa shape index (κ2) is 10.2. The lowest BCUT2D eigenvalue weighted by Gasteiger charge is -2.32. The molecule has 0 spiro atoms. The van der Waals surface area contributed by atoms with E-state index in [1.165, 1.54) is 37.8 Å². The van der Waals surface area contributed by atoms with Gasteiger partial charge in [-0.25, -0.2) is 9.78 Å². The van der Waals surface area contributed by atoms with E-state index in [0.717, 1.165) is 68.0 Å². The Morgan fingerprint density at radius 3 is 2.60 bits per heavy atom. The van der Waals surface area contributed by atoms with Crippen LogP contribution in [0.4, 0.5) is 4.79 Å². The van der Waals surface area contributed by atoms with Gasteiger partial charge in [-0.3, -0.25) is 4.79 Å². The summed E-state index contributed by atoms with van der Waals surface area (Å²) in [5.41, 5.74) is 4.56. The van der Waals surface area contributed by atoms with E-state index < -0.39 is 5.97 Å². The molecular weight excluding hydrogens is 442 g/mol. The van der Waals surface area contributed by atoms with Crippen molar-refractivity contribution in [3.8, 4) is 0 Å². The van der Waals surface area contributed by atoms with Crippen LogP contribution in [0.1, 0.15) is 100 Å². The first-order valence-electron chi connectivity index (χ1n) is 13.6. The van der Waals surface area contributed by atoms with Crippen LogP contribution in [0.5, 0.6) is 0 Å². The van der Waals surface area contributed by atoms with Crippen LogP contribution in [0.15, 0.2) is 12.1 Å². The molecule has 0 radical (unpaired) electrons. The minimum Gasteiger partial charge on any atom is -0.481 e. The molecule has 1 aliphatic heterocycles. The van der Waals surface area contributed by atoms with Gasteiger partial charge in [-0.2, -0.15) is 0 Å². The van der Waals surface area contributed by atoms with Gasteiger partial charge in [-0.05, 0) is 63.0 Å². The number of nitrogens with zero attached hydrogens (tertiary/aromatic N) is 3. The van der Waals surface area contributed by atoms with E-state index in [-0.39, 0.29) is 24.0 Å². The van der Waals surface area contributed by atoms with E-state index in [1.54, 1.807) is 4.90 Å². The Kier molecular flexibility index (Phi) is 7.03. The summed E-state index contributed by atoms with van der Waals surface area (Å²) in [4.78, 5) is 31.3. The molecule has 7 heteroatoms. The van der Waals surface area contributed by atoms with Gasteiger partial charge in [0, 0.05) is 24.1 Å². The number of hydrogen-bond acceptors (Lipinski definition) is 4. The number of ether oxygens (including phenoxy) is 1. The number of fused-ring (bicyclic) bond motifs is 3. The first kappa shape index (κ1) is 24.1. The number of aromatic nitrogens is 2. The van der Waals surface area contributed by atoms with Crippen LogP contribution >= 0.6 is 0 Å². The Bertz CT molecular complexity index is 1090. The van der Waals surface area contributed by atoms with Crippen LogP contribution in [0.25, 0.3) is 11.0 Å². The number of aliphatic carboxylic acids is 1. The summed E-state index contributed by atoms with van der Waals surface area (Å²) < 4.78 is 7.45. The fourth-order valence-corrected chi connectivity index (χ4v) is 6.97. The zero-order valence-electron chi connectivity index (χ0n) is 21.2. The van der Waals surface area contributed by atoms with E-state index in [4.69, 9.17) is 9.72 Å². The van der Waals surface area contributed by atoms with Crippen molar-refractivity contribution in [2.24, 2.45) is 11.8 Å². The first-order valence-corrected chi connectivity index (χ1v) is 13.6. The largest absolute Gasteiger partial charge is 0.481 e. The summed E-state index contributed by atoms with van der Waals surface area (Å²) in [6.45, 7) is 3.44. The molecule has 1 aromatic carbocycles. The third-order valence-electron chi connectivity index (χ3n) is 8.81. The Balaban J connectivity index is 1.55. The van der Waals surface area contributed by atoms with E-state index in [9.17, 15) is 14.7 Å². The predicted octanol–water partition coefficient (Wildman–Crippen LogP) is 6.05. The van der Waals surface area contributed by atoms with Crippen molar-refractivity contribution in [2.75, 3.05) is 13.7 Å². The number of hydrogen-bond donors (Lipinski definition) is 1. The summed E-state index contributed by atoms with van der Waals surface area (Å²) in [5, 5.41) is 9.84. The number of methoxy groups -OCH3 is 1. The van der Waals surface area contributed by atoms with Gasteiger partial charge in [-0.1, -0.05) is 38.2 Å². The highest BCUT2D eigenvalue weighted by Gasteiger charge is 2.34. The van der Waals surface area contributed by atoms with Crippen molar-refractivity contribution in [1.82, 2.24) is 14.5 Å². The molecule has 0 bridgehead atoms.